The van der Waals surface area contributed by atoms with Crippen molar-refractivity contribution < 1.29 is 38.6 Å². The molecule has 10 nitrogen and oxygen atoms in total. The molecule has 0 radical (unpaired) electrons. The Balaban J connectivity index is 0.000000234. The molecule has 2 aliphatic rings. The third-order valence-electron chi connectivity index (χ3n) is 6.45. The number of nitrogens with one attached hydrogen (secondary N) is 1. The Bertz CT molecular complexity index is 1330. The number of nitrogens with zero attached hydrogens (tertiary/aromatic N) is 1. The molecule has 232 valence electrons. The summed E-state index contributed by atoms with van der Waals surface area (Å²) in [5, 5.41) is 12.8. The first kappa shape index (κ1) is 36.0. The van der Waals surface area contributed by atoms with Gasteiger partial charge >= 0.3 is 6.09 Å². The minimum absolute atomic E-state index is 0.104. The number of imide groups is 4. The van der Waals surface area contributed by atoms with Gasteiger partial charge in [-0.2, -0.15) is 4.90 Å². The molecule has 0 bridgehead atoms. The van der Waals surface area contributed by atoms with Crippen LogP contribution in [0.4, 0.5) is 4.79 Å². The number of hydrogen-bond acceptors (Lipinski definition) is 8. The lowest BCUT2D eigenvalue weighted by molar-refractivity contribution is -0.147. The average Bonchev–Trinajstić information content (AvgIpc) is 2.88. The van der Waals surface area contributed by atoms with Crippen molar-refractivity contribution in [2.45, 2.75) is 77.9 Å². The van der Waals surface area contributed by atoms with Crippen molar-refractivity contribution in [2.75, 3.05) is 0 Å². The van der Waals surface area contributed by atoms with E-state index in [2.05, 4.69) is 37.2 Å². The van der Waals surface area contributed by atoms with Crippen molar-refractivity contribution in [3.63, 3.8) is 0 Å². The van der Waals surface area contributed by atoms with E-state index in [-0.39, 0.29) is 31.0 Å². The summed E-state index contributed by atoms with van der Waals surface area (Å²) in [6, 6.07) is 14.5. The predicted molar refractivity (Wildman–Crippen MR) is 166 cm³/mol. The van der Waals surface area contributed by atoms with E-state index in [0.717, 1.165) is 14.5 Å². The number of piperidine rings is 2. The molecule has 2 unspecified atom stereocenters. The molecule has 2 heterocycles. The number of hydrogen-bond donors (Lipinski definition) is 2. The van der Waals surface area contributed by atoms with Gasteiger partial charge in [0.2, 0.25) is 23.6 Å². The lowest BCUT2D eigenvalue weighted by atomic mass is 9.78. The van der Waals surface area contributed by atoms with Gasteiger partial charge in [0.15, 0.2) is 5.78 Å². The molecule has 2 fully saturated rings. The third kappa shape index (κ3) is 11.1. The first-order valence-corrected chi connectivity index (χ1v) is 15.2. The molecule has 43 heavy (non-hydrogen) atoms. The number of likely N-dealkylation sites (tertiary alicyclic amines) is 1. The van der Waals surface area contributed by atoms with Crippen LogP contribution in [0, 0.1) is 5.92 Å². The number of amides is 5. The lowest BCUT2D eigenvalue weighted by Gasteiger charge is -2.34. The molecule has 0 spiro atoms. The quantitative estimate of drug-likeness (QED) is 0.298. The molecule has 2 saturated heterocycles. The Kier molecular flexibility index (Phi) is 13.0. The molecular weight excluding hydrogens is 688 g/mol. The minimum atomic E-state index is -1.27. The normalized spacial score (nSPS) is 18.2. The van der Waals surface area contributed by atoms with E-state index in [1.807, 2.05) is 24.3 Å². The maximum absolute atomic E-state index is 11.8. The van der Waals surface area contributed by atoms with Crippen LogP contribution in [-0.4, -0.2) is 51.1 Å². The number of halogens is 2. The monoisotopic (exact) mass is 722 g/mol. The summed E-state index contributed by atoms with van der Waals surface area (Å²) in [6.45, 7) is 8.22. The summed E-state index contributed by atoms with van der Waals surface area (Å²) in [5.41, 5.74) is -0.552. The number of carbonyl (C=O) groups is 6. The molecular formula is C31H36Br2N2O8. The fraction of sp³-hybridized carbons (Fsp3) is 0.419. The van der Waals surface area contributed by atoms with Crippen LogP contribution < -0.4 is 5.32 Å². The van der Waals surface area contributed by atoms with Crippen LogP contribution in [0.2, 0.25) is 0 Å². The van der Waals surface area contributed by atoms with Gasteiger partial charge in [0.25, 0.3) is 0 Å². The fourth-order valence-electron chi connectivity index (χ4n) is 4.17. The van der Waals surface area contributed by atoms with Gasteiger partial charge in [-0.3, -0.25) is 29.3 Å². The van der Waals surface area contributed by atoms with E-state index < -0.39 is 40.9 Å². The van der Waals surface area contributed by atoms with Crippen LogP contribution in [0.3, 0.4) is 0 Å². The molecule has 12 heteroatoms. The van der Waals surface area contributed by atoms with Crippen LogP contribution in [0.25, 0.3) is 0 Å². The zero-order valence-electron chi connectivity index (χ0n) is 24.7. The smallest absolute Gasteiger partial charge is 0.424 e. The maximum Gasteiger partial charge on any atom is 0.424 e. The number of aliphatic hydroxyl groups is 1. The first-order chi connectivity index (χ1) is 19.9. The number of Topliss-reactive ketones (excluding diaryl/α,β-unsaturated/α-hetero) is 1. The largest absolute Gasteiger partial charge is 0.443 e. The van der Waals surface area contributed by atoms with E-state index in [9.17, 15) is 33.9 Å². The van der Waals surface area contributed by atoms with E-state index in [0.29, 0.717) is 23.3 Å². The van der Waals surface area contributed by atoms with Crippen LogP contribution in [-0.2, 0) is 29.5 Å². The van der Waals surface area contributed by atoms with Gasteiger partial charge in [0, 0.05) is 33.8 Å². The molecule has 5 amide bonds. The maximum atomic E-state index is 11.8. The molecule has 2 N–H and O–H groups in total. The van der Waals surface area contributed by atoms with Crippen molar-refractivity contribution in [3.8, 4) is 0 Å². The Hall–Kier alpha value is -3.22. The van der Waals surface area contributed by atoms with Gasteiger partial charge in [-0.15, -0.1) is 0 Å². The third-order valence-corrected chi connectivity index (χ3v) is 7.51. The highest BCUT2D eigenvalue weighted by molar-refractivity contribution is 9.10. The van der Waals surface area contributed by atoms with Gasteiger partial charge in [-0.1, -0.05) is 56.1 Å². The van der Waals surface area contributed by atoms with E-state index in [1.165, 1.54) is 0 Å². The van der Waals surface area contributed by atoms with E-state index >= 15 is 0 Å². The zero-order chi connectivity index (χ0) is 32.5. The van der Waals surface area contributed by atoms with E-state index in [1.54, 1.807) is 58.9 Å². The Morgan fingerprint density at radius 1 is 0.860 bits per heavy atom. The molecule has 0 aliphatic carbocycles. The second-order valence-electron chi connectivity index (χ2n) is 11.2. The number of ether oxygens (including phenoxy) is 1. The zero-order valence-corrected chi connectivity index (χ0v) is 27.9. The lowest BCUT2D eigenvalue weighted by Crippen LogP contribution is -2.49. The first-order valence-electron chi connectivity index (χ1n) is 13.6. The summed E-state index contributed by atoms with van der Waals surface area (Å²) < 4.78 is 6.87. The van der Waals surface area contributed by atoms with Crippen LogP contribution >= 0.6 is 31.9 Å². The predicted octanol–water partition coefficient (Wildman–Crippen LogP) is 5.82. The molecule has 2 aromatic carbocycles. The second kappa shape index (κ2) is 15.5. The second-order valence-corrected chi connectivity index (χ2v) is 13.0. The highest BCUT2D eigenvalue weighted by Gasteiger charge is 2.41. The van der Waals surface area contributed by atoms with Crippen LogP contribution in [0.15, 0.2) is 57.5 Å². The summed E-state index contributed by atoms with van der Waals surface area (Å²) in [4.78, 5) is 68.4. The Labute approximate surface area is 267 Å². The molecule has 0 aromatic heterocycles. The SMILES string of the molecule is CC(=O)c1ccc(Br)cc1.CC(C)(C)OC(=O)N1C(=O)CCCC1=O.CC(O)(c1ccc(Br)cc1)C1CCC(=O)NC1=O. The van der Waals surface area contributed by atoms with Gasteiger partial charge in [0.05, 0.1) is 11.5 Å². The molecule has 2 aromatic rings. The van der Waals surface area contributed by atoms with Gasteiger partial charge in [0.1, 0.15) is 5.60 Å². The number of ketones is 1. The summed E-state index contributed by atoms with van der Waals surface area (Å²) >= 11 is 6.61. The van der Waals surface area contributed by atoms with Crippen molar-refractivity contribution in [3.05, 3.63) is 68.6 Å². The van der Waals surface area contributed by atoms with E-state index in [4.69, 9.17) is 4.74 Å². The topological polar surface area (TPSA) is 147 Å². The number of rotatable bonds is 3. The van der Waals surface area contributed by atoms with Crippen LogP contribution in [0.5, 0.6) is 0 Å². The molecule has 2 atom stereocenters. The molecule has 2 aliphatic heterocycles. The average molecular weight is 724 g/mol. The fourth-order valence-corrected chi connectivity index (χ4v) is 4.70. The highest BCUT2D eigenvalue weighted by Crippen LogP contribution is 2.34. The summed E-state index contributed by atoms with van der Waals surface area (Å²) in [6.07, 6.45) is 0.737. The standard InChI is InChI=1S/C13H14BrNO3.C10H15NO4.C8H7BrO/c1-13(18,8-2-4-9(14)5-3-8)10-6-7-11(16)15-12(10)17;1-10(2,3)15-9(14)11-7(12)5-4-6-8(11)13;1-6(10)7-2-4-8(9)5-3-7/h2-5,10,18H,6-7H2,1H3,(H,15,16,17);4-6H2,1-3H3;2-5H,1H3. The van der Waals surface area contributed by atoms with Gasteiger partial charge in [-0.05, 0) is 77.3 Å². The highest BCUT2D eigenvalue weighted by atomic mass is 79.9. The Morgan fingerprint density at radius 3 is 1.79 bits per heavy atom. The van der Waals surface area contributed by atoms with Crippen LogP contribution in [0.1, 0.15) is 82.6 Å². The van der Waals surface area contributed by atoms with Crippen molar-refractivity contribution in [1.82, 2.24) is 10.2 Å². The summed E-state index contributed by atoms with van der Waals surface area (Å²) in [5.74, 6) is -2.12. The Morgan fingerprint density at radius 2 is 1.35 bits per heavy atom. The number of carbonyl (C=O) groups excluding carboxylic acids is 6. The minimum Gasteiger partial charge on any atom is -0.443 e. The van der Waals surface area contributed by atoms with Gasteiger partial charge in [-0.25, -0.2) is 4.79 Å². The van der Waals surface area contributed by atoms with Crippen molar-refractivity contribution in [1.29, 1.82) is 0 Å². The number of benzene rings is 2. The molecule has 0 saturated carbocycles. The van der Waals surface area contributed by atoms with Gasteiger partial charge < -0.3 is 9.84 Å². The van der Waals surface area contributed by atoms with Crippen molar-refractivity contribution in [2.24, 2.45) is 5.92 Å². The molecule has 4 rings (SSSR count). The van der Waals surface area contributed by atoms with Crippen molar-refractivity contribution >= 4 is 67.4 Å². The summed E-state index contributed by atoms with van der Waals surface area (Å²) in [7, 11) is 0.